The number of hydrogen-bond donors (Lipinski definition) is 2. The summed E-state index contributed by atoms with van der Waals surface area (Å²) in [6, 6.07) is 2.96. The Hall–Kier alpha value is -0.800. The van der Waals surface area contributed by atoms with E-state index in [1.54, 1.807) is 0 Å². The molecule has 0 radical (unpaired) electrons. The molecule has 2 N–H and O–H groups in total. The van der Waals surface area contributed by atoms with Gasteiger partial charge in [0.2, 0.25) is 0 Å². The van der Waals surface area contributed by atoms with Crippen molar-refractivity contribution in [2.75, 3.05) is 20.1 Å². The molecule has 3 nitrogen and oxygen atoms in total. The molecule has 1 heterocycles. The van der Waals surface area contributed by atoms with Crippen LogP contribution in [0.5, 0.6) is 0 Å². The summed E-state index contributed by atoms with van der Waals surface area (Å²) < 4.78 is 0. The molecular weight excluding hydrogens is 174 g/mol. The first-order valence-corrected chi connectivity index (χ1v) is 5.38. The standard InChI is InChI=1S/C11H19N3/c1-14(7-6-13-11-2-3-11)9-10-4-5-12-8-10/h4-5,8,11-13H,2-3,6-7,9H2,1H3. The molecule has 2 rings (SSSR count). The van der Waals surface area contributed by atoms with Crippen LogP contribution in [0.15, 0.2) is 18.5 Å². The summed E-state index contributed by atoms with van der Waals surface area (Å²) in [6.07, 6.45) is 6.79. The smallest absolute Gasteiger partial charge is 0.0246 e. The number of H-pyrrole nitrogens is 1. The van der Waals surface area contributed by atoms with E-state index in [-0.39, 0.29) is 0 Å². The van der Waals surface area contributed by atoms with Crippen molar-refractivity contribution in [2.45, 2.75) is 25.4 Å². The van der Waals surface area contributed by atoms with E-state index in [1.807, 2.05) is 6.20 Å². The molecule has 0 amide bonds. The van der Waals surface area contributed by atoms with Crippen molar-refractivity contribution >= 4 is 0 Å². The van der Waals surface area contributed by atoms with Crippen LogP contribution in [0.1, 0.15) is 18.4 Å². The Labute approximate surface area is 85.5 Å². The highest BCUT2D eigenvalue weighted by Crippen LogP contribution is 2.17. The molecule has 78 valence electrons. The minimum Gasteiger partial charge on any atom is -0.367 e. The lowest BCUT2D eigenvalue weighted by molar-refractivity contribution is 0.324. The maximum Gasteiger partial charge on any atom is 0.0246 e. The van der Waals surface area contributed by atoms with Gasteiger partial charge in [-0.15, -0.1) is 0 Å². The molecule has 0 saturated heterocycles. The van der Waals surface area contributed by atoms with E-state index in [2.05, 4.69) is 34.5 Å². The number of aromatic nitrogens is 1. The van der Waals surface area contributed by atoms with Gasteiger partial charge in [0.15, 0.2) is 0 Å². The third-order valence-corrected chi connectivity index (χ3v) is 2.62. The fraction of sp³-hybridized carbons (Fsp3) is 0.636. The van der Waals surface area contributed by atoms with Crippen LogP contribution in [0.3, 0.4) is 0 Å². The first-order valence-electron chi connectivity index (χ1n) is 5.38. The normalized spacial score (nSPS) is 16.4. The third kappa shape index (κ3) is 3.16. The molecule has 1 aromatic heterocycles. The quantitative estimate of drug-likeness (QED) is 0.711. The van der Waals surface area contributed by atoms with Gasteiger partial charge in [-0.1, -0.05) is 0 Å². The first kappa shape index (κ1) is 9.74. The molecule has 0 aliphatic heterocycles. The third-order valence-electron chi connectivity index (χ3n) is 2.62. The van der Waals surface area contributed by atoms with Crippen molar-refractivity contribution in [3.63, 3.8) is 0 Å². The lowest BCUT2D eigenvalue weighted by Crippen LogP contribution is -2.29. The molecule has 1 saturated carbocycles. The highest BCUT2D eigenvalue weighted by atomic mass is 15.1. The van der Waals surface area contributed by atoms with Gasteiger partial charge in [-0.3, -0.25) is 0 Å². The molecule has 1 fully saturated rings. The largest absolute Gasteiger partial charge is 0.367 e. The molecule has 1 aromatic rings. The van der Waals surface area contributed by atoms with E-state index in [0.717, 1.165) is 25.7 Å². The SMILES string of the molecule is CN(CCNC1CC1)Cc1cc[nH]c1. The van der Waals surface area contributed by atoms with Gasteiger partial charge in [0, 0.05) is 38.1 Å². The number of rotatable bonds is 6. The Morgan fingerprint density at radius 1 is 1.57 bits per heavy atom. The average molecular weight is 193 g/mol. The topological polar surface area (TPSA) is 31.1 Å². The summed E-state index contributed by atoms with van der Waals surface area (Å²) in [5.41, 5.74) is 1.36. The summed E-state index contributed by atoms with van der Waals surface area (Å²) >= 11 is 0. The molecule has 0 spiro atoms. The zero-order valence-electron chi connectivity index (χ0n) is 8.79. The highest BCUT2D eigenvalue weighted by molar-refractivity contribution is 5.07. The highest BCUT2D eigenvalue weighted by Gasteiger charge is 2.19. The second-order valence-electron chi connectivity index (χ2n) is 4.19. The van der Waals surface area contributed by atoms with E-state index in [1.165, 1.54) is 18.4 Å². The van der Waals surface area contributed by atoms with Gasteiger partial charge < -0.3 is 15.2 Å². The number of nitrogens with one attached hydrogen (secondary N) is 2. The predicted octanol–water partition coefficient (Wildman–Crippen LogP) is 1.20. The number of nitrogens with zero attached hydrogens (tertiary/aromatic N) is 1. The second-order valence-corrected chi connectivity index (χ2v) is 4.19. The van der Waals surface area contributed by atoms with Gasteiger partial charge in [0.25, 0.3) is 0 Å². The molecule has 0 atom stereocenters. The van der Waals surface area contributed by atoms with Gasteiger partial charge in [0.1, 0.15) is 0 Å². The summed E-state index contributed by atoms with van der Waals surface area (Å²) in [6.45, 7) is 3.28. The van der Waals surface area contributed by atoms with Crippen LogP contribution in [0, 0.1) is 0 Å². The van der Waals surface area contributed by atoms with Crippen molar-refractivity contribution in [1.82, 2.24) is 15.2 Å². The minimum atomic E-state index is 0.829. The molecular formula is C11H19N3. The van der Waals surface area contributed by atoms with Crippen LogP contribution < -0.4 is 5.32 Å². The predicted molar refractivity (Wildman–Crippen MR) is 58.2 cm³/mol. The average Bonchev–Trinajstić information content (AvgIpc) is 2.83. The fourth-order valence-corrected chi connectivity index (χ4v) is 1.59. The second kappa shape index (κ2) is 4.62. The van der Waals surface area contributed by atoms with Crippen molar-refractivity contribution < 1.29 is 0 Å². The van der Waals surface area contributed by atoms with Gasteiger partial charge in [-0.2, -0.15) is 0 Å². The van der Waals surface area contributed by atoms with Crippen molar-refractivity contribution in [1.29, 1.82) is 0 Å². The first-order chi connectivity index (χ1) is 6.84. The van der Waals surface area contributed by atoms with E-state index >= 15 is 0 Å². The zero-order valence-corrected chi connectivity index (χ0v) is 8.79. The summed E-state index contributed by atoms with van der Waals surface area (Å²) in [5.74, 6) is 0. The van der Waals surface area contributed by atoms with Gasteiger partial charge >= 0.3 is 0 Å². The van der Waals surface area contributed by atoms with Crippen molar-refractivity contribution in [3.05, 3.63) is 24.0 Å². The monoisotopic (exact) mass is 193 g/mol. The Bertz CT molecular complexity index is 252. The van der Waals surface area contributed by atoms with Gasteiger partial charge in [-0.05, 0) is 31.5 Å². The Balaban J connectivity index is 1.60. The molecule has 1 aliphatic rings. The van der Waals surface area contributed by atoms with Crippen LogP contribution in [0.25, 0.3) is 0 Å². The summed E-state index contributed by atoms with van der Waals surface area (Å²) in [4.78, 5) is 5.42. The van der Waals surface area contributed by atoms with Crippen molar-refractivity contribution in [2.24, 2.45) is 0 Å². The number of hydrogen-bond acceptors (Lipinski definition) is 2. The Morgan fingerprint density at radius 3 is 3.07 bits per heavy atom. The van der Waals surface area contributed by atoms with Crippen LogP contribution in [0.4, 0.5) is 0 Å². The van der Waals surface area contributed by atoms with Crippen LogP contribution in [-0.4, -0.2) is 36.1 Å². The molecule has 3 heteroatoms. The fourth-order valence-electron chi connectivity index (χ4n) is 1.59. The molecule has 0 unspecified atom stereocenters. The zero-order chi connectivity index (χ0) is 9.80. The minimum absolute atomic E-state index is 0.829. The van der Waals surface area contributed by atoms with E-state index < -0.39 is 0 Å². The molecule has 0 aromatic carbocycles. The summed E-state index contributed by atoms with van der Waals surface area (Å²) in [7, 11) is 2.17. The van der Waals surface area contributed by atoms with Crippen LogP contribution in [0.2, 0.25) is 0 Å². The number of likely N-dealkylation sites (N-methyl/N-ethyl adjacent to an activating group) is 1. The summed E-state index contributed by atoms with van der Waals surface area (Å²) in [5, 5.41) is 3.52. The maximum absolute atomic E-state index is 3.52. The maximum atomic E-state index is 3.52. The van der Waals surface area contributed by atoms with Gasteiger partial charge in [-0.25, -0.2) is 0 Å². The lowest BCUT2D eigenvalue weighted by Gasteiger charge is -2.15. The lowest BCUT2D eigenvalue weighted by atomic mass is 10.3. The van der Waals surface area contributed by atoms with Crippen molar-refractivity contribution in [3.8, 4) is 0 Å². The molecule has 0 bridgehead atoms. The van der Waals surface area contributed by atoms with Gasteiger partial charge in [0.05, 0.1) is 0 Å². The van der Waals surface area contributed by atoms with Crippen LogP contribution >= 0.6 is 0 Å². The number of aromatic amines is 1. The Kier molecular flexibility index (Phi) is 3.22. The van der Waals surface area contributed by atoms with E-state index in [0.29, 0.717) is 0 Å². The van der Waals surface area contributed by atoms with E-state index in [9.17, 15) is 0 Å². The molecule has 1 aliphatic carbocycles. The Morgan fingerprint density at radius 2 is 2.43 bits per heavy atom. The van der Waals surface area contributed by atoms with Crippen LogP contribution in [-0.2, 0) is 6.54 Å². The molecule has 14 heavy (non-hydrogen) atoms. The van der Waals surface area contributed by atoms with E-state index in [4.69, 9.17) is 0 Å².